The van der Waals surface area contributed by atoms with Crippen LogP contribution in [0.4, 0.5) is 4.79 Å². The Bertz CT molecular complexity index is 416. The van der Waals surface area contributed by atoms with Crippen molar-refractivity contribution in [3.8, 4) is 5.75 Å². The standard InChI is InChI=1S/C13H17NO3S/c1-17-10-3-2-4-12(9-10)18-11-5-7-14(8-6-11)13(15)16/h2-4,9,11H,5-8H2,1H3,(H,15,16). The van der Waals surface area contributed by atoms with Crippen molar-refractivity contribution in [3.63, 3.8) is 0 Å². The minimum absolute atomic E-state index is 0.493. The number of ether oxygens (including phenoxy) is 1. The van der Waals surface area contributed by atoms with Crippen LogP contribution in [0, 0.1) is 0 Å². The molecule has 98 valence electrons. The zero-order valence-corrected chi connectivity index (χ0v) is 11.2. The molecule has 0 radical (unpaired) electrons. The highest BCUT2D eigenvalue weighted by atomic mass is 32.2. The Morgan fingerprint density at radius 1 is 1.44 bits per heavy atom. The Hall–Kier alpha value is -1.36. The summed E-state index contributed by atoms with van der Waals surface area (Å²) in [5, 5.41) is 9.38. The molecule has 1 amide bonds. The van der Waals surface area contributed by atoms with Crippen LogP contribution in [0.15, 0.2) is 29.2 Å². The van der Waals surface area contributed by atoms with Crippen molar-refractivity contribution in [3.05, 3.63) is 24.3 Å². The van der Waals surface area contributed by atoms with E-state index in [1.165, 1.54) is 9.80 Å². The van der Waals surface area contributed by atoms with E-state index >= 15 is 0 Å². The number of likely N-dealkylation sites (tertiary alicyclic amines) is 1. The molecule has 1 heterocycles. The first kappa shape index (κ1) is 13.1. The first-order valence-corrected chi connectivity index (χ1v) is 6.85. The number of piperidine rings is 1. The Labute approximate surface area is 111 Å². The molecule has 0 aliphatic carbocycles. The molecule has 1 aromatic carbocycles. The number of thioether (sulfide) groups is 1. The van der Waals surface area contributed by atoms with E-state index in [9.17, 15) is 4.79 Å². The lowest BCUT2D eigenvalue weighted by Crippen LogP contribution is -2.38. The van der Waals surface area contributed by atoms with Crippen molar-refractivity contribution in [1.29, 1.82) is 0 Å². The molecule has 1 fully saturated rings. The van der Waals surface area contributed by atoms with Crippen LogP contribution < -0.4 is 4.74 Å². The lowest BCUT2D eigenvalue weighted by Gasteiger charge is -2.29. The molecule has 1 aliphatic rings. The summed E-state index contributed by atoms with van der Waals surface area (Å²) in [6, 6.07) is 8.00. The summed E-state index contributed by atoms with van der Waals surface area (Å²) < 4.78 is 5.19. The number of carbonyl (C=O) groups is 1. The number of carboxylic acid groups (broad SMARTS) is 1. The number of nitrogens with zero attached hydrogens (tertiary/aromatic N) is 1. The van der Waals surface area contributed by atoms with Gasteiger partial charge in [0, 0.05) is 23.2 Å². The molecule has 1 N–H and O–H groups in total. The van der Waals surface area contributed by atoms with Gasteiger partial charge in [-0.2, -0.15) is 0 Å². The van der Waals surface area contributed by atoms with Crippen molar-refractivity contribution in [1.82, 2.24) is 4.90 Å². The molecule has 0 spiro atoms. The SMILES string of the molecule is COc1cccc(SC2CCN(C(=O)O)CC2)c1. The summed E-state index contributed by atoms with van der Waals surface area (Å²) in [5.41, 5.74) is 0. The number of rotatable bonds is 3. The number of amides is 1. The Morgan fingerprint density at radius 2 is 2.17 bits per heavy atom. The summed E-state index contributed by atoms with van der Waals surface area (Å²) in [6.45, 7) is 1.27. The summed E-state index contributed by atoms with van der Waals surface area (Å²) >= 11 is 1.81. The van der Waals surface area contributed by atoms with E-state index in [-0.39, 0.29) is 0 Å². The van der Waals surface area contributed by atoms with Crippen molar-refractivity contribution in [2.75, 3.05) is 20.2 Å². The minimum Gasteiger partial charge on any atom is -0.497 e. The van der Waals surface area contributed by atoms with E-state index < -0.39 is 6.09 Å². The second-order valence-electron chi connectivity index (χ2n) is 4.27. The largest absolute Gasteiger partial charge is 0.497 e. The highest BCUT2D eigenvalue weighted by Gasteiger charge is 2.22. The molecule has 18 heavy (non-hydrogen) atoms. The van der Waals surface area contributed by atoms with E-state index in [4.69, 9.17) is 9.84 Å². The normalized spacial score (nSPS) is 16.6. The van der Waals surface area contributed by atoms with Gasteiger partial charge in [0.1, 0.15) is 5.75 Å². The van der Waals surface area contributed by atoms with E-state index in [2.05, 4.69) is 6.07 Å². The molecule has 0 aromatic heterocycles. The molecule has 0 unspecified atom stereocenters. The highest BCUT2D eigenvalue weighted by molar-refractivity contribution is 8.00. The van der Waals surface area contributed by atoms with Crippen molar-refractivity contribution < 1.29 is 14.6 Å². The van der Waals surface area contributed by atoms with Gasteiger partial charge in [0.25, 0.3) is 0 Å². The smallest absolute Gasteiger partial charge is 0.407 e. The molecular weight excluding hydrogens is 250 g/mol. The van der Waals surface area contributed by atoms with Gasteiger partial charge in [0.2, 0.25) is 0 Å². The van der Waals surface area contributed by atoms with Gasteiger partial charge in [0.05, 0.1) is 7.11 Å². The van der Waals surface area contributed by atoms with Gasteiger partial charge in [-0.3, -0.25) is 0 Å². The quantitative estimate of drug-likeness (QED) is 0.914. The average molecular weight is 267 g/mol. The van der Waals surface area contributed by atoms with Crippen LogP contribution in [0.25, 0.3) is 0 Å². The van der Waals surface area contributed by atoms with Crippen molar-refractivity contribution in [2.45, 2.75) is 23.0 Å². The second-order valence-corrected chi connectivity index (χ2v) is 5.64. The first-order valence-electron chi connectivity index (χ1n) is 5.97. The molecule has 0 bridgehead atoms. The number of hydrogen-bond donors (Lipinski definition) is 1. The van der Waals surface area contributed by atoms with Crippen molar-refractivity contribution >= 4 is 17.9 Å². The maximum atomic E-state index is 10.8. The van der Waals surface area contributed by atoms with Gasteiger partial charge < -0.3 is 14.7 Å². The topological polar surface area (TPSA) is 49.8 Å². The third-order valence-electron chi connectivity index (χ3n) is 3.06. The molecule has 2 rings (SSSR count). The van der Waals surface area contributed by atoms with Crippen LogP contribution in [-0.2, 0) is 0 Å². The van der Waals surface area contributed by atoms with Gasteiger partial charge in [0.15, 0.2) is 0 Å². The monoisotopic (exact) mass is 267 g/mol. The summed E-state index contributed by atoms with van der Waals surface area (Å²) in [7, 11) is 1.66. The second kappa shape index (κ2) is 6.00. The van der Waals surface area contributed by atoms with E-state index in [0.717, 1.165) is 18.6 Å². The van der Waals surface area contributed by atoms with Gasteiger partial charge in [-0.1, -0.05) is 6.07 Å². The molecule has 1 aliphatic heterocycles. The summed E-state index contributed by atoms with van der Waals surface area (Å²) in [4.78, 5) is 13.5. The Balaban J connectivity index is 1.89. The Morgan fingerprint density at radius 3 is 2.78 bits per heavy atom. The van der Waals surface area contributed by atoms with Crippen molar-refractivity contribution in [2.24, 2.45) is 0 Å². The van der Waals surface area contributed by atoms with Crippen LogP contribution in [-0.4, -0.2) is 41.5 Å². The zero-order chi connectivity index (χ0) is 13.0. The van der Waals surface area contributed by atoms with Gasteiger partial charge >= 0.3 is 6.09 Å². The fourth-order valence-electron chi connectivity index (χ4n) is 2.03. The minimum atomic E-state index is -0.806. The first-order chi connectivity index (χ1) is 8.69. The predicted octanol–water partition coefficient (Wildman–Crippen LogP) is 2.93. The number of benzene rings is 1. The van der Waals surface area contributed by atoms with Gasteiger partial charge in [-0.25, -0.2) is 4.79 Å². The maximum absolute atomic E-state index is 10.8. The predicted molar refractivity (Wildman–Crippen MR) is 71.5 cm³/mol. The Kier molecular flexibility index (Phi) is 4.36. The molecule has 4 nitrogen and oxygen atoms in total. The molecular formula is C13H17NO3S. The number of hydrogen-bond acceptors (Lipinski definition) is 3. The molecule has 1 aromatic rings. The van der Waals surface area contributed by atoms with E-state index in [1.54, 1.807) is 7.11 Å². The van der Waals surface area contributed by atoms with Crippen LogP contribution in [0.1, 0.15) is 12.8 Å². The summed E-state index contributed by atoms with van der Waals surface area (Å²) in [5.74, 6) is 0.864. The lowest BCUT2D eigenvalue weighted by molar-refractivity contribution is 0.136. The van der Waals surface area contributed by atoms with Crippen LogP contribution in [0.3, 0.4) is 0 Å². The lowest BCUT2D eigenvalue weighted by atomic mass is 10.1. The molecule has 0 saturated carbocycles. The molecule has 1 saturated heterocycles. The van der Waals surface area contributed by atoms with E-state index in [0.29, 0.717) is 18.3 Å². The average Bonchev–Trinajstić information content (AvgIpc) is 2.39. The maximum Gasteiger partial charge on any atom is 0.407 e. The number of methoxy groups -OCH3 is 1. The van der Waals surface area contributed by atoms with Crippen LogP contribution in [0.5, 0.6) is 5.75 Å². The van der Waals surface area contributed by atoms with Crippen LogP contribution in [0.2, 0.25) is 0 Å². The molecule has 0 atom stereocenters. The third-order valence-corrected chi connectivity index (χ3v) is 4.39. The fourth-order valence-corrected chi connectivity index (χ4v) is 3.20. The highest BCUT2D eigenvalue weighted by Crippen LogP contribution is 2.32. The third kappa shape index (κ3) is 3.32. The van der Waals surface area contributed by atoms with E-state index in [1.807, 2.05) is 30.0 Å². The van der Waals surface area contributed by atoms with Gasteiger partial charge in [-0.05, 0) is 31.0 Å². The van der Waals surface area contributed by atoms with Gasteiger partial charge in [-0.15, -0.1) is 11.8 Å². The van der Waals surface area contributed by atoms with Crippen LogP contribution >= 0.6 is 11.8 Å². The molecule has 5 heteroatoms. The zero-order valence-electron chi connectivity index (χ0n) is 10.3. The summed E-state index contributed by atoms with van der Waals surface area (Å²) in [6.07, 6.45) is 1.02. The fraction of sp³-hybridized carbons (Fsp3) is 0.462.